The lowest BCUT2D eigenvalue weighted by Gasteiger charge is -2.53. The van der Waals surface area contributed by atoms with Gasteiger partial charge in [0.1, 0.15) is 12.3 Å². The van der Waals surface area contributed by atoms with Crippen LogP contribution in [0.25, 0.3) is 0 Å². The van der Waals surface area contributed by atoms with Gasteiger partial charge in [0.25, 0.3) is 9.04 Å². The normalized spacial score (nSPS) is 19.1. The maximum absolute atomic E-state index is 9.16. The van der Waals surface area contributed by atoms with Gasteiger partial charge in [-0.15, -0.1) is 11.3 Å². The molecule has 29 heavy (non-hydrogen) atoms. The van der Waals surface area contributed by atoms with Crippen LogP contribution < -0.4 is 15.3 Å². The van der Waals surface area contributed by atoms with Gasteiger partial charge in [-0.2, -0.15) is 5.26 Å². The van der Waals surface area contributed by atoms with Crippen LogP contribution in [0.5, 0.6) is 0 Å². The van der Waals surface area contributed by atoms with Crippen LogP contribution in [0.15, 0.2) is 66.0 Å². The Kier molecular flexibility index (Phi) is 5.55. The summed E-state index contributed by atoms with van der Waals surface area (Å²) in [6.07, 6.45) is -0.0537. The lowest BCUT2D eigenvalue weighted by molar-refractivity contribution is 0.00497. The minimum atomic E-state index is -1.42. The second kappa shape index (κ2) is 8.11. The fraction of sp³-hybridized carbons (Fsp3) is 0.304. The number of nitrogens with zero attached hydrogens (tertiary/aromatic N) is 3. The highest BCUT2D eigenvalue weighted by Gasteiger charge is 2.48. The van der Waals surface area contributed by atoms with E-state index in [4.69, 9.17) is 9.69 Å². The van der Waals surface area contributed by atoms with Crippen molar-refractivity contribution in [3.8, 4) is 6.07 Å². The van der Waals surface area contributed by atoms with Crippen molar-refractivity contribution in [1.29, 1.82) is 5.26 Å². The molecule has 0 aliphatic carbocycles. The first-order valence-corrected chi connectivity index (χ1v) is 12.0. The summed E-state index contributed by atoms with van der Waals surface area (Å²) in [6, 6.07) is 23.2. The molecule has 4 rings (SSSR count). The molecule has 1 saturated heterocycles. The van der Waals surface area contributed by atoms with Crippen molar-refractivity contribution >= 4 is 35.9 Å². The molecule has 1 aromatic heterocycles. The standard InChI is InChI=1S/C23H24N3OSSi/c1-23(2,3)20-15-26(22-25-17(14-24)16-28-22)21(20)27-29(18-10-6-4-7-11-18)19-12-8-5-9-13-19/h4-13,16,20-21H,15H2,1-3H3. The lowest BCUT2D eigenvalue weighted by Crippen LogP contribution is -2.65. The van der Waals surface area contributed by atoms with E-state index in [-0.39, 0.29) is 11.6 Å². The molecule has 2 aromatic carbocycles. The van der Waals surface area contributed by atoms with Crippen LogP contribution in [0.3, 0.4) is 0 Å². The maximum atomic E-state index is 9.16. The zero-order valence-electron chi connectivity index (χ0n) is 16.9. The van der Waals surface area contributed by atoms with Crippen LogP contribution in [0, 0.1) is 22.7 Å². The Labute approximate surface area is 178 Å². The fourth-order valence-electron chi connectivity index (χ4n) is 3.57. The number of benzene rings is 2. The van der Waals surface area contributed by atoms with Gasteiger partial charge in [0, 0.05) is 17.8 Å². The molecule has 2 unspecified atom stereocenters. The van der Waals surface area contributed by atoms with E-state index in [9.17, 15) is 0 Å². The molecule has 0 saturated carbocycles. The first-order chi connectivity index (χ1) is 14.0. The minimum Gasteiger partial charge on any atom is -0.387 e. The minimum absolute atomic E-state index is 0.0537. The average Bonchev–Trinajstić information content (AvgIpc) is 3.16. The van der Waals surface area contributed by atoms with Crippen LogP contribution in [0.1, 0.15) is 26.5 Å². The SMILES string of the molecule is CC(C)(C)C1CN(c2nc(C#N)cs2)C1O[Si](c1ccccc1)c1ccccc1. The van der Waals surface area contributed by atoms with E-state index in [1.165, 1.54) is 21.7 Å². The van der Waals surface area contributed by atoms with Crippen molar-refractivity contribution in [2.45, 2.75) is 27.0 Å². The Morgan fingerprint density at radius 3 is 2.14 bits per heavy atom. The number of rotatable bonds is 5. The topological polar surface area (TPSA) is 49.2 Å². The van der Waals surface area contributed by atoms with E-state index < -0.39 is 9.04 Å². The summed E-state index contributed by atoms with van der Waals surface area (Å²) < 4.78 is 6.92. The fourth-order valence-corrected chi connectivity index (χ4v) is 6.49. The summed E-state index contributed by atoms with van der Waals surface area (Å²) in [4.78, 5) is 6.71. The molecule has 0 N–H and O–H groups in total. The lowest BCUT2D eigenvalue weighted by atomic mass is 9.74. The van der Waals surface area contributed by atoms with Gasteiger partial charge in [0.15, 0.2) is 10.8 Å². The highest BCUT2D eigenvalue weighted by atomic mass is 32.1. The van der Waals surface area contributed by atoms with E-state index in [0.29, 0.717) is 11.6 Å². The highest BCUT2D eigenvalue weighted by Crippen LogP contribution is 2.43. The summed E-state index contributed by atoms with van der Waals surface area (Å²) in [5.41, 5.74) is 0.594. The predicted octanol–water partition coefficient (Wildman–Crippen LogP) is 3.65. The third-order valence-electron chi connectivity index (χ3n) is 5.32. The van der Waals surface area contributed by atoms with Crippen LogP contribution in [-0.2, 0) is 4.43 Å². The maximum Gasteiger partial charge on any atom is 0.285 e. The zero-order chi connectivity index (χ0) is 20.4. The molecular formula is C23H24N3OSSi. The van der Waals surface area contributed by atoms with E-state index in [1.54, 1.807) is 0 Å². The van der Waals surface area contributed by atoms with Gasteiger partial charge in [0.05, 0.1) is 0 Å². The van der Waals surface area contributed by atoms with Gasteiger partial charge < -0.3 is 9.33 Å². The Bertz CT molecular complexity index is 955. The first-order valence-electron chi connectivity index (χ1n) is 9.74. The van der Waals surface area contributed by atoms with Crippen LogP contribution in [-0.4, -0.2) is 26.8 Å². The van der Waals surface area contributed by atoms with Crippen molar-refractivity contribution < 1.29 is 4.43 Å². The molecule has 3 aromatic rings. The van der Waals surface area contributed by atoms with E-state index in [0.717, 1.165) is 11.7 Å². The molecule has 1 aliphatic rings. The molecule has 0 spiro atoms. The molecular weight excluding hydrogens is 394 g/mol. The van der Waals surface area contributed by atoms with Crippen molar-refractivity contribution in [2.24, 2.45) is 11.3 Å². The second-order valence-corrected chi connectivity index (χ2v) is 11.2. The van der Waals surface area contributed by atoms with E-state index >= 15 is 0 Å². The van der Waals surface area contributed by atoms with Gasteiger partial charge in [-0.05, 0) is 15.8 Å². The van der Waals surface area contributed by atoms with Crippen LogP contribution >= 0.6 is 11.3 Å². The second-order valence-electron chi connectivity index (χ2n) is 8.32. The molecule has 1 fully saturated rings. The van der Waals surface area contributed by atoms with Gasteiger partial charge in [-0.3, -0.25) is 0 Å². The zero-order valence-corrected chi connectivity index (χ0v) is 18.7. The first kappa shape index (κ1) is 19.8. The molecule has 0 amide bonds. The molecule has 1 aliphatic heterocycles. The van der Waals surface area contributed by atoms with E-state index in [2.05, 4.69) is 85.3 Å². The molecule has 2 atom stereocenters. The summed E-state index contributed by atoms with van der Waals surface area (Å²) in [5, 5.41) is 14.3. The molecule has 0 bridgehead atoms. The molecule has 1 radical (unpaired) electrons. The largest absolute Gasteiger partial charge is 0.387 e. The number of nitriles is 1. The molecule has 2 heterocycles. The smallest absolute Gasteiger partial charge is 0.285 e. The number of hydrogen-bond acceptors (Lipinski definition) is 5. The van der Waals surface area contributed by atoms with E-state index in [1.807, 2.05) is 17.5 Å². The molecule has 147 valence electrons. The monoisotopic (exact) mass is 418 g/mol. The number of anilines is 1. The van der Waals surface area contributed by atoms with Crippen molar-refractivity contribution in [2.75, 3.05) is 11.4 Å². The number of hydrogen-bond donors (Lipinski definition) is 0. The van der Waals surface area contributed by atoms with Crippen molar-refractivity contribution in [3.05, 3.63) is 71.7 Å². The predicted molar refractivity (Wildman–Crippen MR) is 120 cm³/mol. The molecule has 6 heteroatoms. The summed E-state index contributed by atoms with van der Waals surface area (Å²) in [6.45, 7) is 7.70. The third-order valence-corrected chi connectivity index (χ3v) is 8.39. The number of aromatic nitrogens is 1. The number of thiazole rings is 1. The van der Waals surface area contributed by atoms with Crippen molar-refractivity contribution in [1.82, 2.24) is 4.98 Å². The molecule has 4 nitrogen and oxygen atoms in total. The van der Waals surface area contributed by atoms with Gasteiger partial charge in [0.2, 0.25) is 0 Å². The summed E-state index contributed by atoms with van der Waals surface area (Å²) in [7, 11) is -1.42. The highest BCUT2D eigenvalue weighted by molar-refractivity contribution is 7.13. The average molecular weight is 419 g/mol. The van der Waals surface area contributed by atoms with Gasteiger partial charge in [-0.25, -0.2) is 4.98 Å². The Morgan fingerprint density at radius 2 is 1.66 bits per heavy atom. The van der Waals surface area contributed by atoms with Crippen molar-refractivity contribution in [3.63, 3.8) is 0 Å². The van der Waals surface area contributed by atoms with Gasteiger partial charge >= 0.3 is 0 Å². The Hall–Kier alpha value is -2.46. The summed E-state index contributed by atoms with van der Waals surface area (Å²) in [5.74, 6) is 0.393. The Morgan fingerprint density at radius 1 is 1.07 bits per heavy atom. The van der Waals surface area contributed by atoms with Crippen LogP contribution in [0.4, 0.5) is 5.13 Å². The summed E-state index contributed by atoms with van der Waals surface area (Å²) >= 11 is 1.52. The third kappa shape index (κ3) is 4.13. The Balaban J connectivity index is 1.68. The quantitative estimate of drug-likeness (QED) is 0.594. The van der Waals surface area contributed by atoms with Gasteiger partial charge in [-0.1, -0.05) is 81.4 Å². The van der Waals surface area contributed by atoms with Crippen LogP contribution in [0.2, 0.25) is 0 Å².